The van der Waals surface area contributed by atoms with E-state index in [1.165, 1.54) is 0 Å². The van der Waals surface area contributed by atoms with Gasteiger partial charge in [0.25, 0.3) is 0 Å². The van der Waals surface area contributed by atoms with Crippen LogP contribution >= 0.6 is 11.8 Å². The molecule has 14 heavy (non-hydrogen) atoms. The number of hydrogen-bond acceptors (Lipinski definition) is 3. The minimum absolute atomic E-state index is 0.281. The molecule has 2 nitrogen and oxygen atoms in total. The third-order valence-electron chi connectivity index (χ3n) is 1.85. The molecule has 2 N–H and O–H groups in total. The molecule has 0 aliphatic carbocycles. The van der Waals surface area contributed by atoms with Crippen LogP contribution < -0.4 is 0 Å². The second-order valence-electron chi connectivity index (χ2n) is 3.41. The summed E-state index contributed by atoms with van der Waals surface area (Å²) in [6, 6.07) is 7.76. The maximum Gasteiger partial charge on any atom is 0.0761 e. The lowest BCUT2D eigenvalue weighted by atomic mass is 10.1. The van der Waals surface area contributed by atoms with Gasteiger partial charge in [-0.25, -0.2) is 0 Å². The number of rotatable bonds is 4. The summed E-state index contributed by atoms with van der Waals surface area (Å²) in [6.07, 6.45) is -0.692. The molecule has 2 atom stereocenters. The number of aliphatic hydroxyl groups excluding tert-OH is 2. The SMILES string of the molecule is CC(O)CSc1ccc(C(C)O)cc1. The van der Waals surface area contributed by atoms with E-state index >= 15 is 0 Å². The molecule has 0 saturated carbocycles. The number of aliphatic hydroxyl groups is 2. The van der Waals surface area contributed by atoms with Crippen LogP contribution in [0.15, 0.2) is 29.2 Å². The highest BCUT2D eigenvalue weighted by Gasteiger charge is 2.01. The van der Waals surface area contributed by atoms with Crippen LogP contribution in [-0.4, -0.2) is 22.1 Å². The third kappa shape index (κ3) is 3.70. The van der Waals surface area contributed by atoms with Crippen molar-refractivity contribution in [2.75, 3.05) is 5.75 Å². The third-order valence-corrected chi connectivity index (χ3v) is 3.11. The number of hydrogen-bond donors (Lipinski definition) is 2. The highest BCUT2D eigenvalue weighted by atomic mass is 32.2. The van der Waals surface area contributed by atoms with E-state index < -0.39 is 6.10 Å². The highest BCUT2D eigenvalue weighted by Crippen LogP contribution is 2.21. The van der Waals surface area contributed by atoms with Gasteiger partial charge in [0.1, 0.15) is 0 Å². The molecule has 0 aromatic heterocycles. The predicted octanol–water partition coefficient (Wildman–Crippen LogP) is 2.21. The Labute approximate surface area is 89.0 Å². The van der Waals surface area contributed by atoms with Gasteiger partial charge >= 0.3 is 0 Å². The second-order valence-corrected chi connectivity index (χ2v) is 4.50. The normalized spacial score (nSPS) is 15.1. The standard InChI is InChI=1S/C11H16O2S/c1-8(12)7-14-11-5-3-10(4-6-11)9(2)13/h3-6,8-9,12-13H,7H2,1-2H3. The lowest BCUT2D eigenvalue weighted by molar-refractivity contribution is 0.199. The van der Waals surface area contributed by atoms with Crippen molar-refractivity contribution in [2.24, 2.45) is 0 Å². The Morgan fingerprint density at radius 1 is 1.14 bits per heavy atom. The van der Waals surface area contributed by atoms with Gasteiger partial charge < -0.3 is 10.2 Å². The first-order valence-electron chi connectivity index (χ1n) is 4.68. The lowest BCUT2D eigenvalue weighted by Gasteiger charge is -2.07. The van der Waals surface area contributed by atoms with Crippen LogP contribution in [0.2, 0.25) is 0 Å². The first-order valence-corrected chi connectivity index (χ1v) is 5.67. The molecular formula is C11H16O2S. The first kappa shape index (κ1) is 11.6. The average molecular weight is 212 g/mol. The summed E-state index contributed by atoms with van der Waals surface area (Å²) < 4.78 is 0. The van der Waals surface area contributed by atoms with E-state index in [9.17, 15) is 5.11 Å². The van der Waals surface area contributed by atoms with Crippen LogP contribution in [0.4, 0.5) is 0 Å². The summed E-state index contributed by atoms with van der Waals surface area (Å²) >= 11 is 1.62. The van der Waals surface area contributed by atoms with Crippen molar-refractivity contribution in [1.29, 1.82) is 0 Å². The molecule has 0 aliphatic rings. The maximum absolute atomic E-state index is 9.29. The molecule has 0 aliphatic heterocycles. The van der Waals surface area contributed by atoms with Crippen molar-refractivity contribution in [3.63, 3.8) is 0 Å². The summed E-state index contributed by atoms with van der Waals surface area (Å²) in [7, 11) is 0. The fourth-order valence-electron chi connectivity index (χ4n) is 1.06. The molecule has 0 bridgehead atoms. The molecule has 0 radical (unpaired) electrons. The number of thioether (sulfide) groups is 1. The van der Waals surface area contributed by atoms with E-state index in [4.69, 9.17) is 5.11 Å². The molecule has 3 heteroatoms. The molecular weight excluding hydrogens is 196 g/mol. The van der Waals surface area contributed by atoms with Gasteiger partial charge in [-0.1, -0.05) is 12.1 Å². The van der Waals surface area contributed by atoms with Crippen molar-refractivity contribution in [3.05, 3.63) is 29.8 Å². The first-order chi connectivity index (χ1) is 6.59. The zero-order chi connectivity index (χ0) is 10.6. The molecule has 1 aromatic carbocycles. The predicted molar refractivity (Wildman–Crippen MR) is 59.5 cm³/mol. The summed E-state index contributed by atoms with van der Waals surface area (Å²) in [6.45, 7) is 3.52. The largest absolute Gasteiger partial charge is 0.393 e. The average Bonchev–Trinajstić information content (AvgIpc) is 2.15. The Balaban J connectivity index is 2.55. The number of benzene rings is 1. The van der Waals surface area contributed by atoms with Crippen LogP contribution in [-0.2, 0) is 0 Å². The van der Waals surface area contributed by atoms with E-state index in [0.29, 0.717) is 5.75 Å². The summed E-state index contributed by atoms with van der Waals surface area (Å²) in [4.78, 5) is 1.12. The van der Waals surface area contributed by atoms with Crippen molar-refractivity contribution in [1.82, 2.24) is 0 Å². The molecule has 78 valence electrons. The Morgan fingerprint density at radius 3 is 2.14 bits per heavy atom. The molecule has 0 saturated heterocycles. The minimum atomic E-state index is -0.411. The van der Waals surface area contributed by atoms with Crippen LogP contribution in [0.25, 0.3) is 0 Å². The molecule has 0 fully saturated rings. The molecule has 0 heterocycles. The van der Waals surface area contributed by atoms with E-state index in [2.05, 4.69) is 0 Å². The van der Waals surface area contributed by atoms with Crippen molar-refractivity contribution in [2.45, 2.75) is 31.0 Å². The molecule has 0 amide bonds. The van der Waals surface area contributed by atoms with Gasteiger partial charge in [0.2, 0.25) is 0 Å². The van der Waals surface area contributed by atoms with Crippen LogP contribution in [0.1, 0.15) is 25.5 Å². The van der Waals surface area contributed by atoms with Gasteiger partial charge in [0.15, 0.2) is 0 Å². The fraction of sp³-hybridized carbons (Fsp3) is 0.455. The zero-order valence-electron chi connectivity index (χ0n) is 8.47. The van der Waals surface area contributed by atoms with Crippen molar-refractivity contribution < 1.29 is 10.2 Å². The fourth-order valence-corrected chi connectivity index (χ4v) is 1.82. The Hall–Kier alpha value is -0.510. The summed E-state index contributed by atoms with van der Waals surface area (Å²) in [5.74, 6) is 0.702. The second kappa shape index (κ2) is 5.39. The van der Waals surface area contributed by atoms with Crippen molar-refractivity contribution in [3.8, 4) is 0 Å². The van der Waals surface area contributed by atoms with Gasteiger partial charge in [-0.15, -0.1) is 11.8 Å². The molecule has 0 spiro atoms. The van der Waals surface area contributed by atoms with Gasteiger partial charge in [0.05, 0.1) is 12.2 Å². The van der Waals surface area contributed by atoms with Crippen LogP contribution in [0.5, 0.6) is 0 Å². The summed E-state index contributed by atoms with van der Waals surface area (Å²) in [5.41, 5.74) is 0.923. The van der Waals surface area contributed by atoms with Gasteiger partial charge in [-0.3, -0.25) is 0 Å². The van der Waals surface area contributed by atoms with E-state index in [-0.39, 0.29) is 6.10 Å². The maximum atomic E-state index is 9.29. The Bertz CT molecular complexity index is 267. The zero-order valence-corrected chi connectivity index (χ0v) is 9.29. The van der Waals surface area contributed by atoms with E-state index in [0.717, 1.165) is 10.5 Å². The van der Waals surface area contributed by atoms with Gasteiger partial charge in [-0.2, -0.15) is 0 Å². The lowest BCUT2D eigenvalue weighted by Crippen LogP contribution is -2.02. The van der Waals surface area contributed by atoms with Gasteiger partial charge in [-0.05, 0) is 31.5 Å². The minimum Gasteiger partial charge on any atom is -0.393 e. The Kier molecular flexibility index (Phi) is 4.45. The molecule has 2 unspecified atom stereocenters. The van der Waals surface area contributed by atoms with E-state index in [1.54, 1.807) is 25.6 Å². The summed E-state index contributed by atoms with van der Waals surface area (Å²) in [5, 5.41) is 18.4. The smallest absolute Gasteiger partial charge is 0.0761 e. The highest BCUT2D eigenvalue weighted by molar-refractivity contribution is 7.99. The Morgan fingerprint density at radius 2 is 1.71 bits per heavy atom. The molecule has 1 rings (SSSR count). The van der Waals surface area contributed by atoms with Crippen molar-refractivity contribution >= 4 is 11.8 Å². The van der Waals surface area contributed by atoms with Gasteiger partial charge in [0, 0.05) is 10.6 Å². The quantitative estimate of drug-likeness (QED) is 0.752. The monoisotopic (exact) mass is 212 g/mol. The topological polar surface area (TPSA) is 40.5 Å². The molecule has 1 aromatic rings. The van der Waals surface area contributed by atoms with Crippen LogP contribution in [0, 0.1) is 0 Å². The van der Waals surface area contributed by atoms with Crippen LogP contribution in [0.3, 0.4) is 0 Å². The van der Waals surface area contributed by atoms with E-state index in [1.807, 2.05) is 24.3 Å².